The predicted molar refractivity (Wildman–Crippen MR) is 91.9 cm³/mol. The Balaban J connectivity index is 1.68. The van der Waals surface area contributed by atoms with Crippen LogP contribution in [0.3, 0.4) is 0 Å². The SMILES string of the molecule is Cc1ccc(OCC(=O)OCC(=O)N[C@H]2CCCC[C@H]2C)cc1C. The molecule has 132 valence electrons. The lowest BCUT2D eigenvalue weighted by Crippen LogP contribution is -2.43. The Hall–Kier alpha value is -2.04. The first-order valence-electron chi connectivity index (χ1n) is 8.60. The van der Waals surface area contributed by atoms with Crippen LogP contribution in [0.5, 0.6) is 5.75 Å². The Labute approximate surface area is 143 Å². The number of carbonyl (C=O) groups excluding carboxylic acids is 2. The molecular formula is C19H27NO4. The molecule has 1 aliphatic carbocycles. The minimum Gasteiger partial charge on any atom is -0.482 e. The molecule has 0 heterocycles. The van der Waals surface area contributed by atoms with Gasteiger partial charge in [0.15, 0.2) is 13.2 Å². The molecule has 0 aromatic heterocycles. The Morgan fingerprint density at radius 1 is 1.12 bits per heavy atom. The van der Waals surface area contributed by atoms with E-state index in [0.717, 1.165) is 24.8 Å². The average Bonchev–Trinajstić information content (AvgIpc) is 2.56. The van der Waals surface area contributed by atoms with Crippen molar-refractivity contribution in [3.8, 4) is 5.75 Å². The molecule has 1 aliphatic rings. The van der Waals surface area contributed by atoms with Gasteiger partial charge in [0.05, 0.1) is 0 Å². The van der Waals surface area contributed by atoms with Crippen molar-refractivity contribution >= 4 is 11.9 Å². The number of nitrogens with one attached hydrogen (secondary N) is 1. The highest BCUT2D eigenvalue weighted by Gasteiger charge is 2.23. The number of hydrogen-bond acceptors (Lipinski definition) is 4. The summed E-state index contributed by atoms with van der Waals surface area (Å²) in [7, 11) is 0. The van der Waals surface area contributed by atoms with Crippen LogP contribution in [0.15, 0.2) is 18.2 Å². The standard InChI is InChI=1S/C19H27NO4/c1-13-8-9-16(10-15(13)3)23-12-19(22)24-11-18(21)20-17-7-5-4-6-14(17)2/h8-10,14,17H,4-7,11-12H2,1-3H3,(H,20,21)/t14-,17+/m1/s1. The van der Waals surface area contributed by atoms with Gasteiger partial charge in [0, 0.05) is 6.04 Å². The number of carbonyl (C=O) groups is 2. The summed E-state index contributed by atoms with van der Waals surface area (Å²) in [6, 6.07) is 5.82. The van der Waals surface area contributed by atoms with Crippen LogP contribution < -0.4 is 10.1 Å². The fourth-order valence-electron chi connectivity index (χ4n) is 2.91. The molecule has 5 nitrogen and oxygen atoms in total. The summed E-state index contributed by atoms with van der Waals surface area (Å²) in [6.45, 7) is 5.69. The van der Waals surface area contributed by atoms with Crippen molar-refractivity contribution in [1.29, 1.82) is 0 Å². The minimum atomic E-state index is -0.542. The van der Waals surface area contributed by atoms with Crippen LogP contribution in [-0.4, -0.2) is 31.1 Å². The van der Waals surface area contributed by atoms with Crippen LogP contribution in [0.1, 0.15) is 43.7 Å². The van der Waals surface area contributed by atoms with Gasteiger partial charge in [-0.2, -0.15) is 0 Å². The molecule has 5 heteroatoms. The number of hydrogen-bond donors (Lipinski definition) is 1. The van der Waals surface area contributed by atoms with Crippen molar-refractivity contribution in [2.24, 2.45) is 5.92 Å². The van der Waals surface area contributed by atoms with Crippen molar-refractivity contribution in [2.75, 3.05) is 13.2 Å². The van der Waals surface area contributed by atoms with E-state index >= 15 is 0 Å². The molecule has 24 heavy (non-hydrogen) atoms. The number of esters is 1. The van der Waals surface area contributed by atoms with Crippen LogP contribution in [0.4, 0.5) is 0 Å². The zero-order chi connectivity index (χ0) is 17.5. The summed E-state index contributed by atoms with van der Waals surface area (Å²) in [5.74, 6) is 0.315. The van der Waals surface area contributed by atoms with Crippen molar-refractivity contribution in [3.63, 3.8) is 0 Å². The monoisotopic (exact) mass is 333 g/mol. The molecule has 1 aromatic rings. The van der Waals surface area contributed by atoms with Gasteiger partial charge in [-0.15, -0.1) is 0 Å². The lowest BCUT2D eigenvalue weighted by atomic mass is 9.86. The third kappa shape index (κ3) is 5.55. The summed E-state index contributed by atoms with van der Waals surface area (Å²) in [4.78, 5) is 23.6. The molecule has 0 saturated heterocycles. The predicted octanol–water partition coefficient (Wildman–Crippen LogP) is 2.92. The van der Waals surface area contributed by atoms with Crippen molar-refractivity contribution in [2.45, 2.75) is 52.5 Å². The summed E-state index contributed by atoms with van der Waals surface area (Å²) >= 11 is 0. The van der Waals surface area contributed by atoms with E-state index in [4.69, 9.17) is 9.47 Å². The van der Waals surface area contributed by atoms with E-state index in [1.807, 2.05) is 32.0 Å². The van der Waals surface area contributed by atoms with Gasteiger partial charge >= 0.3 is 5.97 Å². The van der Waals surface area contributed by atoms with Gasteiger partial charge in [-0.25, -0.2) is 4.79 Å². The average molecular weight is 333 g/mol. The summed E-state index contributed by atoms with van der Waals surface area (Å²) in [5, 5.41) is 2.95. The lowest BCUT2D eigenvalue weighted by molar-refractivity contribution is -0.150. The quantitative estimate of drug-likeness (QED) is 0.813. The fourth-order valence-corrected chi connectivity index (χ4v) is 2.91. The van der Waals surface area contributed by atoms with Gasteiger partial charge in [0.2, 0.25) is 0 Å². The van der Waals surface area contributed by atoms with E-state index in [2.05, 4.69) is 12.2 Å². The molecule has 2 rings (SSSR count). The maximum Gasteiger partial charge on any atom is 0.344 e. The molecule has 1 fully saturated rings. The first-order valence-corrected chi connectivity index (χ1v) is 8.60. The largest absolute Gasteiger partial charge is 0.482 e. The zero-order valence-electron chi connectivity index (χ0n) is 14.8. The van der Waals surface area contributed by atoms with Gasteiger partial charge in [-0.3, -0.25) is 4.79 Å². The minimum absolute atomic E-state index is 0.191. The zero-order valence-corrected chi connectivity index (χ0v) is 14.8. The molecule has 2 atom stereocenters. The fraction of sp³-hybridized carbons (Fsp3) is 0.579. The highest BCUT2D eigenvalue weighted by atomic mass is 16.6. The highest BCUT2D eigenvalue weighted by molar-refractivity contribution is 5.81. The van der Waals surface area contributed by atoms with E-state index in [0.29, 0.717) is 11.7 Å². The number of ether oxygens (including phenoxy) is 2. The number of benzene rings is 1. The second-order valence-corrected chi connectivity index (χ2v) is 6.63. The lowest BCUT2D eigenvalue weighted by Gasteiger charge is -2.29. The maximum absolute atomic E-state index is 11.9. The topological polar surface area (TPSA) is 64.6 Å². The maximum atomic E-state index is 11.9. The molecule has 1 saturated carbocycles. The molecule has 0 bridgehead atoms. The van der Waals surface area contributed by atoms with Crippen LogP contribution >= 0.6 is 0 Å². The highest BCUT2D eigenvalue weighted by Crippen LogP contribution is 2.23. The van der Waals surface area contributed by atoms with Gasteiger partial charge in [-0.05, 0) is 55.9 Å². The molecule has 0 aliphatic heterocycles. The normalized spacial score (nSPS) is 20.3. The Kier molecular flexibility index (Phi) is 6.64. The van der Waals surface area contributed by atoms with Crippen LogP contribution in [0.25, 0.3) is 0 Å². The summed E-state index contributed by atoms with van der Waals surface area (Å²) in [5.41, 5.74) is 2.26. The van der Waals surface area contributed by atoms with Gasteiger partial charge in [0.25, 0.3) is 5.91 Å². The molecule has 0 spiro atoms. The van der Waals surface area contributed by atoms with Crippen LogP contribution in [-0.2, 0) is 14.3 Å². The Bertz CT molecular complexity index is 585. The second kappa shape index (κ2) is 8.71. The van der Waals surface area contributed by atoms with Gasteiger partial charge < -0.3 is 14.8 Å². The molecule has 0 unspecified atom stereocenters. The van der Waals surface area contributed by atoms with E-state index in [1.165, 1.54) is 12.0 Å². The van der Waals surface area contributed by atoms with Crippen molar-refractivity contribution in [3.05, 3.63) is 29.3 Å². The van der Waals surface area contributed by atoms with Crippen molar-refractivity contribution < 1.29 is 19.1 Å². The molecule has 1 aromatic carbocycles. The van der Waals surface area contributed by atoms with E-state index < -0.39 is 5.97 Å². The first kappa shape index (κ1) is 18.3. The second-order valence-electron chi connectivity index (χ2n) is 6.63. The smallest absolute Gasteiger partial charge is 0.344 e. The third-order valence-corrected chi connectivity index (χ3v) is 4.66. The van der Waals surface area contributed by atoms with E-state index in [1.54, 1.807) is 0 Å². The first-order chi connectivity index (χ1) is 11.5. The summed E-state index contributed by atoms with van der Waals surface area (Å²) < 4.78 is 10.4. The van der Waals surface area contributed by atoms with Crippen LogP contribution in [0.2, 0.25) is 0 Å². The molecule has 1 amide bonds. The van der Waals surface area contributed by atoms with Gasteiger partial charge in [0.1, 0.15) is 5.75 Å². The summed E-state index contributed by atoms with van der Waals surface area (Å²) in [6.07, 6.45) is 4.49. The number of aryl methyl sites for hydroxylation is 2. The van der Waals surface area contributed by atoms with Gasteiger partial charge in [-0.1, -0.05) is 25.8 Å². The van der Waals surface area contributed by atoms with E-state index in [-0.39, 0.29) is 25.2 Å². The number of amides is 1. The molecular weight excluding hydrogens is 306 g/mol. The number of rotatable bonds is 6. The Morgan fingerprint density at radius 2 is 1.88 bits per heavy atom. The molecule has 0 radical (unpaired) electrons. The third-order valence-electron chi connectivity index (χ3n) is 4.66. The van der Waals surface area contributed by atoms with Crippen molar-refractivity contribution in [1.82, 2.24) is 5.32 Å². The van der Waals surface area contributed by atoms with Crippen LogP contribution in [0, 0.1) is 19.8 Å². The Morgan fingerprint density at radius 3 is 2.58 bits per heavy atom. The van der Waals surface area contributed by atoms with E-state index in [9.17, 15) is 9.59 Å². The molecule has 1 N–H and O–H groups in total.